The highest BCUT2D eigenvalue weighted by Gasteiger charge is 2.33. The van der Waals surface area contributed by atoms with Crippen molar-refractivity contribution in [1.29, 1.82) is 0 Å². The molecule has 194 valence electrons. The average molecular weight is 502 g/mol. The summed E-state index contributed by atoms with van der Waals surface area (Å²) in [6, 6.07) is 19.6. The summed E-state index contributed by atoms with van der Waals surface area (Å²) in [5, 5.41) is 12.4. The Labute approximate surface area is 218 Å². The fourth-order valence-electron chi connectivity index (χ4n) is 5.04. The number of hydrogen-bond acceptors (Lipinski definition) is 6. The number of benzene rings is 2. The van der Waals surface area contributed by atoms with E-state index in [2.05, 4.69) is 15.2 Å². The minimum atomic E-state index is -0.468. The predicted molar refractivity (Wildman–Crippen MR) is 141 cm³/mol. The van der Waals surface area contributed by atoms with E-state index >= 15 is 0 Å². The van der Waals surface area contributed by atoms with Crippen LogP contribution in [0, 0.1) is 0 Å². The van der Waals surface area contributed by atoms with E-state index in [-0.39, 0.29) is 24.7 Å². The van der Waals surface area contributed by atoms with Gasteiger partial charge in [-0.2, -0.15) is 0 Å². The molecule has 1 amide bonds. The van der Waals surface area contributed by atoms with Crippen LogP contribution in [0.15, 0.2) is 73.1 Å². The minimum absolute atomic E-state index is 0.0319. The van der Waals surface area contributed by atoms with Crippen molar-refractivity contribution < 1.29 is 19.4 Å². The van der Waals surface area contributed by atoms with Crippen LogP contribution in [0.4, 0.5) is 0 Å². The first-order valence-corrected chi connectivity index (χ1v) is 13.2. The molecule has 3 unspecified atom stereocenters. The van der Waals surface area contributed by atoms with Crippen LogP contribution in [-0.2, 0) is 22.6 Å². The van der Waals surface area contributed by atoms with E-state index < -0.39 is 6.29 Å². The number of carbonyl (C=O) groups excluding carboxylic acids is 1. The Morgan fingerprint density at radius 2 is 1.68 bits per heavy atom. The molecule has 7 nitrogen and oxygen atoms in total. The molecule has 1 aromatic heterocycles. The second kappa shape index (κ2) is 12.4. The van der Waals surface area contributed by atoms with E-state index in [1.165, 1.54) is 19.3 Å². The summed E-state index contributed by atoms with van der Waals surface area (Å²) in [6.07, 6.45) is 7.32. The smallest absolute Gasteiger partial charge is 0.253 e. The van der Waals surface area contributed by atoms with E-state index in [9.17, 15) is 9.90 Å². The summed E-state index contributed by atoms with van der Waals surface area (Å²) in [6.45, 7) is 3.62. The molecule has 3 aromatic rings. The van der Waals surface area contributed by atoms with Crippen molar-refractivity contribution in [2.75, 3.05) is 19.6 Å². The van der Waals surface area contributed by atoms with Crippen LogP contribution in [-0.4, -0.2) is 46.6 Å². The third kappa shape index (κ3) is 6.81. The van der Waals surface area contributed by atoms with Crippen molar-refractivity contribution >= 4 is 5.91 Å². The van der Waals surface area contributed by atoms with Gasteiger partial charge >= 0.3 is 0 Å². The van der Waals surface area contributed by atoms with Gasteiger partial charge in [0.25, 0.3) is 5.91 Å². The van der Waals surface area contributed by atoms with Crippen molar-refractivity contribution in [3.8, 4) is 0 Å². The predicted octanol–water partition coefficient (Wildman–Crippen LogP) is 4.54. The molecular weight excluding hydrogens is 466 g/mol. The fraction of sp³-hybridized carbons (Fsp3) is 0.400. The Morgan fingerprint density at radius 3 is 2.38 bits per heavy atom. The molecule has 0 spiro atoms. The highest BCUT2D eigenvalue weighted by molar-refractivity contribution is 5.93. The molecule has 2 N–H and O–H groups in total. The number of rotatable bonds is 8. The second-order valence-corrected chi connectivity index (χ2v) is 9.88. The molecule has 0 saturated carbocycles. The van der Waals surface area contributed by atoms with Crippen LogP contribution in [0.1, 0.15) is 70.7 Å². The van der Waals surface area contributed by atoms with Crippen LogP contribution in [0.5, 0.6) is 0 Å². The summed E-state index contributed by atoms with van der Waals surface area (Å²) in [5.41, 5.74) is 4.49. The third-order valence-corrected chi connectivity index (χ3v) is 7.15. The molecule has 2 saturated heterocycles. The Balaban J connectivity index is 1.26. The number of aromatic nitrogens is 1. The quantitative estimate of drug-likeness (QED) is 0.472. The van der Waals surface area contributed by atoms with Crippen molar-refractivity contribution in [2.45, 2.75) is 57.3 Å². The lowest BCUT2D eigenvalue weighted by atomic mass is 9.99. The minimum Gasteiger partial charge on any atom is -0.392 e. The largest absolute Gasteiger partial charge is 0.392 e. The monoisotopic (exact) mass is 501 g/mol. The van der Waals surface area contributed by atoms with E-state index in [1.54, 1.807) is 24.5 Å². The molecule has 2 aliphatic heterocycles. The summed E-state index contributed by atoms with van der Waals surface area (Å²) in [7, 11) is 0. The SMILES string of the molecule is O=C(NCc1ccc(C2OC(CN3CCCCC3)CC(c3ccc(CO)cc3)O2)cc1)c1cccnc1. The number of aliphatic hydroxyl groups excluding tert-OH is 1. The lowest BCUT2D eigenvalue weighted by molar-refractivity contribution is -0.253. The zero-order chi connectivity index (χ0) is 25.5. The maximum absolute atomic E-state index is 12.3. The summed E-state index contributed by atoms with van der Waals surface area (Å²) >= 11 is 0. The Morgan fingerprint density at radius 1 is 0.946 bits per heavy atom. The first-order valence-electron chi connectivity index (χ1n) is 13.2. The number of ether oxygens (including phenoxy) is 2. The van der Waals surface area contributed by atoms with Gasteiger partial charge in [-0.15, -0.1) is 0 Å². The summed E-state index contributed by atoms with van der Waals surface area (Å²) in [5.74, 6) is -0.147. The third-order valence-electron chi connectivity index (χ3n) is 7.15. The Hall–Kier alpha value is -3.10. The van der Waals surface area contributed by atoms with Gasteiger partial charge in [0.1, 0.15) is 0 Å². The maximum Gasteiger partial charge on any atom is 0.253 e. The van der Waals surface area contributed by atoms with Crippen LogP contribution >= 0.6 is 0 Å². The molecule has 2 aromatic carbocycles. The molecule has 2 aliphatic rings. The molecule has 3 heterocycles. The standard InChI is InChI=1S/C30H35N3O4/c34-21-23-8-10-24(11-9-23)28-17-27(20-33-15-2-1-3-16-33)36-30(37-28)25-12-6-22(7-13-25)18-32-29(35)26-5-4-14-31-19-26/h4-14,19,27-28,30,34H,1-3,15-18,20-21H2,(H,32,35). The van der Waals surface area contributed by atoms with Gasteiger partial charge in [0.2, 0.25) is 0 Å². The van der Waals surface area contributed by atoms with Gasteiger partial charge < -0.3 is 24.8 Å². The number of piperidine rings is 1. The normalized spacial score (nSPS) is 22.5. The van der Waals surface area contributed by atoms with Gasteiger partial charge in [-0.25, -0.2) is 0 Å². The van der Waals surface area contributed by atoms with E-state index in [0.717, 1.165) is 48.3 Å². The number of nitrogens with one attached hydrogen (secondary N) is 1. The topological polar surface area (TPSA) is 83.9 Å². The number of pyridine rings is 1. The molecular formula is C30H35N3O4. The van der Waals surface area contributed by atoms with Gasteiger partial charge in [-0.1, -0.05) is 55.0 Å². The van der Waals surface area contributed by atoms with Crippen LogP contribution in [0.25, 0.3) is 0 Å². The van der Waals surface area contributed by atoms with Gasteiger partial charge in [0.15, 0.2) is 6.29 Å². The highest BCUT2D eigenvalue weighted by Crippen LogP contribution is 2.38. The van der Waals surface area contributed by atoms with Gasteiger partial charge in [0, 0.05) is 37.5 Å². The molecule has 3 atom stereocenters. The zero-order valence-electron chi connectivity index (χ0n) is 21.1. The van der Waals surface area contributed by atoms with E-state index in [0.29, 0.717) is 12.1 Å². The number of amides is 1. The molecule has 37 heavy (non-hydrogen) atoms. The number of nitrogens with zero attached hydrogens (tertiary/aromatic N) is 2. The number of likely N-dealkylation sites (tertiary alicyclic amines) is 1. The van der Waals surface area contributed by atoms with E-state index in [4.69, 9.17) is 9.47 Å². The molecule has 0 radical (unpaired) electrons. The zero-order valence-corrected chi connectivity index (χ0v) is 21.1. The number of hydrogen-bond donors (Lipinski definition) is 2. The van der Waals surface area contributed by atoms with Crippen LogP contribution in [0.2, 0.25) is 0 Å². The Bertz CT molecular complexity index is 1130. The Kier molecular flexibility index (Phi) is 8.58. The maximum atomic E-state index is 12.3. The van der Waals surface area contributed by atoms with Gasteiger partial charge in [-0.05, 0) is 54.8 Å². The molecule has 0 bridgehead atoms. The van der Waals surface area contributed by atoms with Gasteiger partial charge in [-0.3, -0.25) is 9.78 Å². The first-order chi connectivity index (χ1) is 18.2. The van der Waals surface area contributed by atoms with Crippen molar-refractivity contribution in [2.24, 2.45) is 0 Å². The molecule has 0 aliphatic carbocycles. The van der Waals surface area contributed by atoms with Crippen molar-refractivity contribution in [1.82, 2.24) is 15.2 Å². The summed E-state index contributed by atoms with van der Waals surface area (Å²) < 4.78 is 13.0. The number of aliphatic hydroxyl groups is 1. The fourth-order valence-corrected chi connectivity index (χ4v) is 5.04. The van der Waals surface area contributed by atoms with Gasteiger partial charge in [0.05, 0.1) is 24.4 Å². The lowest BCUT2D eigenvalue weighted by Gasteiger charge is -2.39. The highest BCUT2D eigenvalue weighted by atomic mass is 16.7. The second-order valence-electron chi connectivity index (χ2n) is 9.88. The summed E-state index contributed by atoms with van der Waals surface area (Å²) in [4.78, 5) is 18.8. The van der Waals surface area contributed by atoms with Crippen LogP contribution in [0.3, 0.4) is 0 Å². The van der Waals surface area contributed by atoms with E-state index in [1.807, 2.05) is 48.5 Å². The molecule has 7 heteroatoms. The molecule has 5 rings (SSSR count). The lowest BCUT2D eigenvalue weighted by Crippen LogP contribution is -2.41. The average Bonchev–Trinajstić information content (AvgIpc) is 2.97. The number of carbonyl (C=O) groups is 1. The first kappa shape index (κ1) is 25.5. The van der Waals surface area contributed by atoms with Crippen molar-refractivity contribution in [3.63, 3.8) is 0 Å². The van der Waals surface area contributed by atoms with Crippen LogP contribution < -0.4 is 5.32 Å². The molecule has 2 fully saturated rings. The van der Waals surface area contributed by atoms with Crippen molar-refractivity contribution in [3.05, 3.63) is 101 Å².